The third-order valence-corrected chi connectivity index (χ3v) is 3.49. The smallest absolute Gasteiger partial charge is 0.146 e. The Kier molecular flexibility index (Phi) is 2.66. The van der Waals surface area contributed by atoms with Gasteiger partial charge >= 0.3 is 0 Å². The van der Waals surface area contributed by atoms with Crippen LogP contribution in [0.5, 0.6) is 0 Å². The van der Waals surface area contributed by atoms with E-state index in [0.717, 1.165) is 37.6 Å². The topological polar surface area (TPSA) is 60.0 Å². The number of fused-ring (bicyclic) bond motifs is 1. The first-order chi connectivity index (χ1) is 8.79. The Labute approximate surface area is 106 Å². The molecule has 5 nitrogen and oxygen atoms in total. The van der Waals surface area contributed by atoms with Crippen molar-refractivity contribution in [2.75, 3.05) is 17.2 Å². The highest BCUT2D eigenvalue weighted by molar-refractivity contribution is 5.68. The maximum atomic E-state index is 6.00. The van der Waals surface area contributed by atoms with Gasteiger partial charge in [0.25, 0.3) is 0 Å². The molecule has 1 aromatic heterocycles. The van der Waals surface area contributed by atoms with E-state index in [4.69, 9.17) is 5.73 Å². The zero-order valence-corrected chi connectivity index (χ0v) is 10.5. The van der Waals surface area contributed by atoms with Crippen molar-refractivity contribution in [3.05, 3.63) is 35.9 Å². The Morgan fingerprint density at radius 1 is 1.39 bits per heavy atom. The molecular formula is C13H17N5. The van der Waals surface area contributed by atoms with Crippen molar-refractivity contribution in [3.63, 3.8) is 0 Å². The van der Waals surface area contributed by atoms with E-state index in [9.17, 15) is 0 Å². The van der Waals surface area contributed by atoms with Crippen LogP contribution in [-0.4, -0.2) is 21.3 Å². The molecule has 0 amide bonds. The second kappa shape index (κ2) is 4.33. The lowest BCUT2D eigenvalue weighted by molar-refractivity contribution is 0.605. The van der Waals surface area contributed by atoms with Gasteiger partial charge in [0.2, 0.25) is 0 Å². The summed E-state index contributed by atoms with van der Waals surface area (Å²) in [6.07, 6.45) is 2.64. The first-order valence-corrected chi connectivity index (χ1v) is 6.28. The van der Waals surface area contributed by atoms with Crippen molar-refractivity contribution in [2.45, 2.75) is 26.4 Å². The molecule has 0 radical (unpaired) electrons. The molecular weight excluding hydrogens is 226 g/mol. The third-order valence-electron chi connectivity index (χ3n) is 3.49. The highest BCUT2D eigenvalue weighted by atomic mass is 15.3. The molecule has 0 spiro atoms. The summed E-state index contributed by atoms with van der Waals surface area (Å²) in [5, 5.41) is 4.20. The Morgan fingerprint density at radius 2 is 2.28 bits per heavy atom. The maximum absolute atomic E-state index is 6.00. The van der Waals surface area contributed by atoms with Crippen molar-refractivity contribution in [3.8, 4) is 0 Å². The van der Waals surface area contributed by atoms with Crippen LogP contribution >= 0.6 is 0 Å². The molecule has 0 bridgehead atoms. The first-order valence-electron chi connectivity index (χ1n) is 6.28. The largest absolute Gasteiger partial charge is 0.398 e. The van der Waals surface area contributed by atoms with Gasteiger partial charge in [-0.2, -0.15) is 5.10 Å². The molecule has 1 aliphatic heterocycles. The van der Waals surface area contributed by atoms with Crippen molar-refractivity contribution in [1.29, 1.82) is 0 Å². The summed E-state index contributed by atoms with van der Waals surface area (Å²) in [7, 11) is 0. The summed E-state index contributed by atoms with van der Waals surface area (Å²) in [6, 6.07) is 6.11. The minimum atomic E-state index is 0.796. The lowest BCUT2D eigenvalue weighted by atomic mass is 10.1. The van der Waals surface area contributed by atoms with E-state index < -0.39 is 0 Å². The second-order valence-electron chi connectivity index (χ2n) is 4.51. The summed E-state index contributed by atoms with van der Waals surface area (Å²) in [5.41, 5.74) is 9.40. The molecule has 2 aromatic rings. The maximum Gasteiger partial charge on any atom is 0.146 e. The molecule has 0 atom stereocenters. The van der Waals surface area contributed by atoms with Crippen LogP contribution in [0, 0.1) is 0 Å². The van der Waals surface area contributed by atoms with Gasteiger partial charge in [-0.05, 0) is 25.5 Å². The van der Waals surface area contributed by atoms with Crippen LogP contribution in [0.4, 0.5) is 11.4 Å². The predicted octanol–water partition coefficient (Wildman–Crippen LogP) is 1.44. The first kappa shape index (κ1) is 11.1. The molecule has 0 aliphatic carbocycles. The number of aryl methyl sites for hydroxylation is 1. The average Bonchev–Trinajstić information content (AvgIpc) is 2.98. The van der Waals surface area contributed by atoms with Gasteiger partial charge < -0.3 is 10.6 Å². The number of nitrogens with zero attached hydrogens (tertiary/aromatic N) is 4. The van der Waals surface area contributed by atoms with Gasteiger partial charge in [-0.1, -0.05) is 6.07 Å². The molecule has 2 N–H and O–H groups in total. The van der Waals surface area contributed by atoms with Crippen molar-refractivity contribution >= 4 is 11.4 Å². The van der Waals surface area contributed by atoms with Crippen molar-refractivity contribution in [2.24, 2.45) is 0 Å². The van der Waals surface area contributed by atoms with Gasteiger partial charge in [-0.25, -0.2) is 9.67 Å². The monoisotopic (exact) mass is 243 g/mol. The fourth-order valence-electron chi connectivity index (χ4n) is 2.54. The summed E-state index contributed by atoms with van der Waals surface area (Å²) in [5.74, 6) is 1.01. The predicted molar refractivity (Wildman–Crippen MR) is 71.3 cm³/mol. The van der Waals surface area contributed by atoms with Gasteiger partial charge in [0.15, 0.2) is 0 Å². The van der Waals surface area contributed by atoms with E-state index in [1.54, 1.807) is 6.33 Å². The number of nitrogens with two attached hydrogens (primary N) is 1. The van der Waals surface area contributed by atoms with Crippen LogP contribution in [0.2, 0.25) is 0 Å². The fraction of sp³-hybridized carbons (Fsp3) is 0.385. The lowest BCUT2D eigenvalue weighted by Crippen LogP contribution is -2.22. The normalized spacial score (nSPS) is 13.9. The molecule has 1 aromatic carbocycles. The van der Waals surface area contributed by atoms with E-state index >= 15 is 0 Å². The molecule has 3 rings (SSSR count). The van der Waals surface area contributed by atoms with Crippen LogP contribution in [0.15, 0.2) is 24.5 Å². The molecule has 0 saturated heterocycles. The summed E-state index contributed by atoms with van der Waals surface area (Å²) in [4.78, 5) is 6.65. The molecule has 1 aliphatic rings. The van der Waals surface area contributed by atoms with E-state index in [1.807, 2.05) is 16.8 Å². The zero-order chi connectivity index (χ0) is 12.5. The van der Waals surface area contributed by atoms with E-state index in [0.29, 0.717) is 0 Å². The van der Waals surface area contributed by atoms with Crippen LogP contribution in [-0.2, 0) is 19.5 Å². The number of aromatic nitrogens is 3. The highest BCUT2D eigenvalue weighted by Gasteiger charge is 2.22. The SMILES string of the molecule is CCn1ncnc1CN1CCc2c(N)cccc21. The quantitative estimate of drug-likeness (QED) is 0.829. The summed E-state index contributed by atoms with van der Waals surface area (Å²) >= 11 is 0. The molecule has 0 saturated carbocycles. The van der Waals surface area contributed by atoms with Crippen LogP contribution in [0.25, 0.3) is 0 Å². The van der Waals surface area contributed by atoms with Gasteiger partial charge in [0, 0.05) is 30.0 Å². The number of hydrogen-bond acceptors (Lipinski definition) is 4. The molecule has 2 heterocycles. The van der Waals surface area contributed by atoms with E-state index in [2.05, 4.69) is 28.0 Å². The minimum absolute atomic E-state index is 0.796. The number of hydrogen-bond donors (Lipinski definition) is 1. The molecule has 18 heavy (non-hydrogen) atoms. The Balaban J connectivity index is 1.87. The average molecular weight is 243 g/mol. The van der Waals surface area contributed by atoms with Gasteiger partial charge in [0.05, 0.1) is 6.54 Å². The minimum Gasteiger partial charge on any atom is -0.398 e. The third kappa shape index (κ3) is 1.72. The van der Waals surface area contributed by atoms with Crippen LogP contribution < -0.4 is 10.6 Å². The summed E-state index contributed by atoms with van der Waals surface area (Å²) in [6.45, 7) is 4.73. The van der Waals surface area contributed by atoms with Crippen molar-refractivity contribution < 1.29 is 0 Å². The molecule has 5 heteroatoms. The Hall–Kier alpha value is -2.04. The lowest BCUT2D eigenvalue weighted by Gasteiger charge is -2.19. The zero-order valence-electron chi connectivity index (χ0n) is 10.5. The molecule has 94 valence electrons. The molecule has 0 unspecified atom stereocenters. The van der Waals surface area contributed by atoms with E-state index in [1.165, 1.54) is 11.3 Å². The second-order valence-corrected chi connectivity index (χ2v) is 4.51. The van der Waals surface area contributed by atoms with Crippen LogP contribution in [0.3, 0.4) is 0 Å². The molecule has 0 fully saturated rings. The Bertz CT molecular complexity index is 560. The number of benzene rings is 1. The fourth-order valence-corrected chi connectivity index (χ4v) is 2.54. The standard InChI is InChI=1S/C13H17N5/c1-2-18-13(15-9-16-18)8-17-7-6-10-11(14)4-3-5-12(10)17/h3-5,9H,2,6-8,14H2,1H3. The van der Waals surface area contributed by atoms with Gasteiger partial charge in [-0.15, -0.1) is 0 Å². The summed E-state index contributed by atoms with van der Waals surface area (Å²) < 4.78 is 1.93. The van der Waals surface area contributed by atoms with Gasteiger partial charge in [-0.3, -0.25) is 0 Å². The number of nitrogen functional groups attached to an aromatic ring is 1. The number of anilines is 2. The van der Waals surface area contributed by atoms with Gasteiger partial charge in [0.1, 0.15) is 12.2 Å². The highest BCUT2D eigenvalue weighted by Crippen LogP contribution is 2.32. The Morgan fingerprint density at radius 3 is 3.11 bits per heavy atom. The van der Waals surface area contributed by atoms with E-state index in [-0.39, 0.29) is 0 Å². The van der Waals surface area contributed by atoms with Crippen molar-refractivity contribution in [1.82, 2.24) is 14.8 Å². The van der Waals surface area contributed by atoms with Crippen LogP contribution in [0.1, 0.15) is 18.3 Å². The number of rotatable bonds is 3.